The summed E-state index contributed by atoms with van der Waals surface area (Å²) in [7, 11) is 0. The predicted molar refractivity (Wildman–Crippen MR) is 291 cm³/mol. The summed E-state index contributed by atoms with van der Waals surface area (Å²) in [4.78, 5) is 37.8. The van der Waals surface area contributed by atoms with Gasteiger partial charge in [0.05, 0.1) is 18.8 Å². The molecule has 0 fully saturated rings. The lowest BCUT2D eigenvalue weighted by molar-refractivity contribution is -0.151. The van der Waals surface area contributed by atoms with E-state index in [1.807, 2.05) is 18.3 Å². The van der Waals surface area contributed by atoms with Crippen LogP contribution in [0.2, 0.25) is 0 Å². The molecule has 0 spiro atoms. The van der Waals surface area contributed by atoms with Crippen molar-refractivity contribution in [3.8, 4) is 393 Å². The molecule has 0 atom stereocenters. The van der Waals surface area contributed by atoms with Crippen LogP contribution < -0.4 is 0 Å². The van der Waals surface area contributed by atoms with Crippen LogP contribution in [0.5, 0.6) is 0 Å². The number of carbonyl (C=O) groups excluding carboxylic acids is 3. The summed E-state index contributed by atoms with van der Waals surface area (Å²) in [6, 6.07) is 0. The number of hydrogen-bond donors (Lipinski definition) is 0. The van der Waals surface area contributed by atoms with E-state index in [0.717, 1.165) is 0 Å². The molecule has 0 amide bonds. The fourth-order valence-electron chi connectivity index (χ4n) is 2.83. The van der Waals surface area contributed by atoms with E-state index in [2.05, 4.69) is 355 Å². The van der Waals surface area contributed by atoms with Gasteiger partial charge in [-0.3, -0.25) is 14.4 Å². The lowest BCUT2D eigenvalue weighted by Crippen LogP contribution is -2.23. The fraction of sp³-hybridized carbons (Fsp3) is 0.0417. The van der Waals surface area contributed by atoms with E-state index in [-0.39, 0.29) is 0 Å². The molecule has 0 radical (unpaired) electrons. The molecule has 78 heavy (non-hydrogen) atoms. The Kier molecular flexibility index (Phi) is 42.5. The van der Waals surface area contributed by atoms with Gasteiger partial charge in [0.15, 0.2) is 0 Å². The Morgan fingerprint density at radius 3 is 0.526 bits per heavy atom. The first-order valence-corrected chi connectivity index (χ1v) is 19.5. The minimum atomic E-state index is -1.48. The third kappa shape index (κ3) is 49.3. The van der Waals surface area contributed by atoms with Crippen molar-refractivity contribution >= 4 is 17.9 Å². The molecule has 0 aromatic carbocycles. The molecule has 332 valence electrons. The number of esters is 3. The predicted octanol–water partition coefficient (Wildman–Crippen LogP) is -0.113. The van der Waals surface area contributed by atoms with Crippen LogP contribution in [-0.4, -0.2) is 17.9 Å². The molecule has 0 aromatic rings. The minimum absolute atomic E-state index is 0.711. The molecule has 0 rings (SSSR count). The SMILES string of the molecule is C#CC#CC#CC#CC#CC#CC#CC#CC#CC#CC#COC(=O)CC(CC(=O)OC#CC#CC#CC#CC#CC#CC#CC#CC#CC#CC#C)C(=O)OC#CC#CC#CC#CC#CC#CC#CC#CC#CC#CC#C. The Balaban J connectivity index is 5.74. The third-order valence-corrected chi connectivity index (χ3v) is 5.39. The van der Waals surface area contributed by atoms with Crippen molar-refractivity contribution in [3.63, 3.8) is 0 Å². The van der Waals surface area contributed by atoms with Crippen molar-refractivity contribution < 1.29 is 28.6 Å². The molecule has 0 heterocycles. The Morgan fingerprint density at radius 1 is 0.218 bits per heavy atom. The second-order valence-corrected chi connectivity index (χ2v) is 10.3. The average Bonchev–Trinajstić information content (AvgIpc) is 3.44. The summed E-state index contributed by atoms with van der Waals surface area (Å²) in [6.07, 6.45) is 19.5. The molecule has 0 unspecified atom stereocenters. The van der Waals surface area contributed by atoms with E-state index in [1.165, 1.54) is 0 Å². The Hall–Kier alpha value is -16.1. The van der Waals surface area contributed by atoms with E-state index in [0.29, 0.717) is 0 Å². The van der Waals surface area contributed by atoms with Gasteiger partial charge in [-0.1, -0.05) is 0 Å². The van der Waals surface area contributed by atoms with Gasteiger partial charge in [0.1, 0.15) is 18.3 Å². The molecule has 0 aromatic heterocycles. The average molecular weight is 969 g/mol. The van der Waals surface area contributed by atoms with E-state index in [9.17, 15) is 14.4 Å². The van der Waals surface area contributed by atoms with Gasteiger partial charge in [-0.05, 0) is 142 Å². The number of terminal acetylenes is 3. The van der Waals surface area contributed by atoms with Crippen molar-refractivity contribution in [2.24, 2.45) is 5.92 Å². The molecule has 6 nitrogen and oxygen atoms in total. The quantitative estimate of drug-likeness (QED) is 0.218. The van der Waals surface area contributed by atoms with Crippen LogP contribution in [0.15, 0.2) is 0 Å². The summed E-state index contributed by atoms with van der Waals surface area (Å²) >= 11 is 0. The van der Waals surface area contributed by atoms with Gasteiger partial charge >= 0.3 is 17.9 Å². The number of hydrogen-bond acceptors (Lipinski definition) is 6. The zero-order valence-electron chi connectivity index (χ0n) is 39.2. The standard InChI is InChI=1S/C72H8O6/c1-4-7-10-13-16-19-22-25-28-31-34-37-40-43-46-49-52-55-58-61-64-76-70(73)67-69(72(75)78-66-63-60-57-54-51-48-45-42-39-36-33-30-27-24-21-18-15-12-9-6-3)68-71(74)77-65-62-59-56-53-50-47-44-41-38-35-32-29-26-23-20-17-14-11-8-5-2/h1-3,69H,67-68H2. The molecular formula is C72H8O6. The molecular weight excluding hydrogens is 961 g/mol. The molecule has 0 saturated heterocycles. The third-order valence-electron chi connectivity index (χ3n) is 5.39. The summed E-state index contributed by atoms with van der Waals surface area (Å²) in [5, 5.41) is 0. The van der Waals surface area contributed by atoms with Crippen LogP contribution in [0.3, 0.4) is 0 Å². The van der Waals surface area contributed by atoms with Crippen molar-refractivity contribution in [1.29, 1.82) is 0 Å². The Morgan fingerprint density at radius 2 is 0.359 bits per heavy atom. The van der Waals surface area contributed by atoms with Gasteiger partial charge in [-0.2, -0.15) is 0 Å². The van der Waals surface area contributed by atoms with Gasteiger partial charge < -0.3 is 14.2 Å². The smallest absolute Gasteiger partial charge is 0.324 e. The number of ether oxygens (including phenoxy) is 3. The van der Waals surface area contributed by atoms with Crippen molar-refractivity contribution in [3.05, 3.63) is 0 Å². The van der Waals surface area contributed by atoms with E-state index < -0.39 is 36.7 Å². The van der Waals surface area contributed by atoms with Crippen LogP contribution in [0.1, 0.15) is 12.8 Å². The molecule has 0 aliphatic rings. The largest absolute Gasteiger partial charge is 0.371 e. The van der Waals surface area contributed by atoms with Crippen LogP contribution in [0.4, 0.5) is 0 Å². The van der Waals surface area contributed by atoms with E-state index in [4.69, 9.17) is 33.5 Å². The number of rotatable bonds is 5. The molecule has 0 bridgehead atoms. The molecule has 0 aliphatic carbocycles. The van der Waals surface area contributed by atoms with Crippen molar-refractivity contribution in [2.75, 3.05) is 0 Å². The van der Waals surface area contributed by atoms with Crippen molar-refractivity contribution in [1.82, 2.24) is 0 Å². The highest BCUT2D eigenvalue weighted by atomic mass is 16.5. The second kappa shape index (κ2) is 53.5. The summed E-state index contributed by atoms with van der Waals surface area (Å²) in [6.45, 7) is 0. The van der Waals surface area contributed by atoms with Gasteiger partial charge in [-0.25, -0.2) is 0 Å². The maximum Gasteiger partial charge on any atom is 0.324 e. The van der Waals surface area contributed by atoms with E-state index in [1.54, 1.807) is 0 Å². The maximum absolute atomic E-state index is 12.8. The first-order valence-electron chi connectivity index (χ1n) is 19.5. The topological polar surface area (TPSA) is 78.9 Å². The van der Waals surface area contributed by atoms with Crippen LogP contribution in [0, 0.1) is 399 Å². The normalized spacial score (nSPS) is 5.00. The Bertz CT molecular complexity index is 4560. The number of carbonyl (C=O) groups is 3. The monoisotopic (exact) mass is 968 g/mol. The highest BCUT2D eigenvalue weighted by molar-refractivity contribution is 5.85. The molecule has 0 N–H and O–H groups in total. The highest BCUT2D eigenvalue weighted by Gasteiger charge is 2.28. The minimum Gasteiger partial charge on any atom is -0.371 e. The first-order chi connectivity index (χ1) is 38.5. The van der Waals surface area contributed by atoms with Crippen LogP contribution in [0.25, 0.3) is 0 Å². The molecule has 0 saturated carbocycles. The summed E-state index contributed by atoms with van der Waals surface area (Å²) < 4.78 is 14.4. The van der Waals surface area contributed by atoms with Crippen LogP contribution in [-0.2, 0) is 28.6 Å². The van der Waals surface area contributed by atoms with Gasteiger partial charge in [0.2, 0.25) is 0 Å². The van der Waals surface area contributed by atoms with Crippen LogP contribution >= 0.6 is 0 Å². The lowest BCUT2D eigenvalue weighted by Gasteiger charge is -2.09. The highest BCUT2D eigenvalue weighted by Crippen LogP contribution is 2.13. The summed E-state index contributed by atoms with van der Waals surface area (Å²) in [5.74, 6) is 139. The van der Waals surface area contributed by atoms with Crippen molar-refractivity contribution in [2.45, 2.75) is 12.8 Å². The fourth-order valence-corrected chi connectivity index (χ4v) is 2.83. The van der Waals surface area contributed by atoms with E-state index >= 15 is 0 Å². The zero-order valence-corrected chi connectivity index (χ0v) is 39.2. The maximum atomic E-state index is 12.8. The molecule has 6 heteroatoms. The van der Waals surface area contributed by atoms with Gasteiger partial charge in [-0.15, -0.1) is 19.3 Å². The lowest BCUT2D eigenvalue weighted by atomic mass is 10.0. The summed E-state index contributed by atoms with van der Waals surface area (Å²) in [5.41, 5.74) is 0. The van der Waals surface area contributed by atoms with Gasteiger partial charge in [0, 0.05) is 213 Å². The van der Waals surface area contributed by atoms with Gasteiger partial charge in [0.25, 0.3) is 0 Å². The first kappa shape index (κ1) is 61.9. The Labute approximate surface area is 455 Å². The molecule has 0 aliphatic heterocycles. The second-order valence-electron chi connectivity index (χ2n) is 10.3. The zero-order chi connectivity index (χ0) is 56.4.